The van der Waals surface area contributed by atoms with Gasteiger partial charge >= 0.3 is 0 Å². The van der Waals surface area contributed by atoms with Gasteiger partial charge in [0.25, 0.3) is 5.91 Å². The largest absolute Gasteiger partial charge is 0.389 e. The van der Waals surface area contributed by atoms with Crippen LogP contribution >= 0.6 is 0 Å². The van der Waals surface area contributed by atoms with Gasteiger partial charge in [0.15, 0.2) is 0 Å². The molecule has 21 heavy (non-hydrogen) atoms. The van der Waals surface area contributed by atoms with Crippen LogP contribution in [-0.4, -0.2) is 39.6 Å². The van der Waals surface area contributed by atoms with Crippen LogP contribution in [0.15, 0.2) is 16.9 Å². The minimum atomic E-state index is -0.965. The number of nitrogens with one attached hydrogen (secondary N) is 1. The zero-order valence-electron chi connectivity index (χ0n) is 13.6. The van der Waals surface area contributed by atoms with Crippen molar-refractivity contribution in [3.05, 3.63) is 33.7 Å². The fourth-order valence-corrected chi connectivity index (χ4v) is 2.25. The summed E-state index contributed by atoms with van der Waals surface area (Å²) < 4.78 is 0. The van der Waals surface area contributed by atoms with Crippen LogP contribution in [0.5, 0.6) is 0 Å². The Morgan fingerprint density at radius 2 is 2.00 bits per heavy atom. The van der Waals surface area contributed by atoms with E-state index in [9.17, 15) is 14.7 Å². The lowest BCUT2D eigenvalue weighted by Crippen LogP contribution is -2.42. The molecule has 5 heteroatoms. The second-order valence-corrected chi connectivity index (χ2v) is 6.49. The summed E-state index contributed by atoms with van der Waals surface area (Å²) in [6.07, 6.45) is 0.716. The van der Waals surface area contributed by atoms with Crippen molar-refractivity contribution in [3.8, 4) is 0 Å². The maximum atomic E-state index is 12.5. The lowest BCUT2D eigenvalue weighted by molar-refractivity contribution is 0.0314. The monoisotopic (exact) mass is 294 g/mol. The zero-order valence-corrected chi connectivity index (χ0v) is 13.6. The molecule has 0 spiro atoms. The summed E-state index contributed by atoms with van der Waals surface area (Å²) in [6, 6.07) is 3.05. The minimum absolute atomic E-state index is 0.226. The van der Waals surface area contributed by atoms with E-state index in [2.05, 4.69) is 18.8 Å². The Morgan fingerprint density at radius 1 is 1.38 bits per heavy atom. The molecule has 0 saturated carbocycles. The smallest absolute Gasteiger partial charge is 0.254 e. The van der Waals surface area contributed by atoms with E-state index >= 15 is 0 Å². The first-order valence-corrected chi connectivity index (χ1v) is 7.37. The molecule has 118 valence electrons. The van der Waals surface area contributed by atoms with Crippen LogP contribution in [0.1, 0.15) is 50.7 Å². The number of carbonyl (C=O) groups excluding carboxylic acids is 1. The third kappa shape index (κ3) is 5.71. The van der Waals surface area contributed by atoms with Gasteiger partial charge in [0, 0.05) is 30.4 Å². The molecule has 0 bridgehead atoms. The predicted octanol–water partition coefficient (Wildman–Crippen LogP) is 1.81. The maximum Gasteiger partial charge on any atom is 0.254 e. The summed E-state index contributed by atoms with van der Waals surface area (Å²) in [6.45, 7) is 9.99. The third-order valence-corrected chi connectivity index (χ3v) is 3.02. The molecule has 0 aliphatic heterocycles. The molecule has 0 saturated heterocycles. The molecule has 1 amide bonds. The van der Waals surface area contributed by atoms with Crippen LogP contribution in [0, 0.1) is 5.92 Å². The van der Waals surface area contributed by atoms with Crippen LogP contribution in [0.25, 0.3) is 0 Å². The zero-order chi connectivity index (χ0) is 16.2. The van der Waals surface area contributed by atoms with Crippen LogP contribution < -0.4 is 5.56 Å². The SMILES string of the molecule is CCN(CC(C)(C)O)C(=O)c1cc(CC(C)C)[nH]c(=O)c1. The Balaban J connectivity index is 3.05. The fraction of sp³-hybridized carbons (Fsp3) is 0.625. The van der Waals surface area contributed by atoms with Crippen molar-refractivity contribution in [2.24, 2.45) is 5.92 Å². The number of hydrogen-bond donors (Lipinski definition) is 2. The second-order valence-electron chi connectivity index (χ2n) is 6.49. The highest BCUT2D eigenvalue weighted by Gasteiger charge is 2.22. The van der Waals surface area contributed by atoms with Crippen molar-refractivity contribution in [1.29, 1.82) is 0 Å². The minimum Gasteiger partial charge on any atom is -0.389 e. The van der Waals surface area contributed by atoms with Gasteiger partial charge in [0.05, 0.1) is 5.60 Å². The highest BCUT2D eigenvalue weighted by atomic mass is 16.3. The summed E-state index contributed by atoms with van der Waals surface area (Å²) in [4.78, 5) is 28.5. The number of nitrogens with zero attached hydrogens (tertiary/aromatic N) is 1. The van der Waals surface area contributed by atoms with Gasteiger partial charge in [0.2, 0.25) is 5.56 Å². The Kier molecular flexibility index (Phi) is 5.72. The second kappa shape index (κ2) is 6.89. The van der Waals surface area contributed by atoms with E-state index in [1.165, 1.54) is 6.07 Å². The molecular weight excluding hydrogens is 268 g/mol. The van der Waals surface area contributed by atoms with E-state index in [-0.39, 0.29) is 18.0 Å². The lowest BCUT2D eigenvalue weighted by atomic mass is 10.0. The van der Waals surface area contributed by atoms with Crippen molar-refractivity contribution >= 4 is 5.91 Å². The van der Waals surface area contributed by atoms with E-state index in [0.29, 0.717) is 24.4 Å². The summed E-state index contributed by atoms with van der Waals surface area (Å²) in [7, 11) is 0. The van der Waals surface area contributed by atoms with Crippen molar-refractivity contribution < 1.29 is 9.90 Å². The number of aliphatic hydroxyl groups is 1. The average Bonchev–Trinajstić information content (AvgIpc) is 2.32. The Bertz CT molecular complexity index is 541. The van der Waals surface area contributed by atoms with Gasteiger partial charge in [-0.3, -0.25) is 9.59 Å². The highest BCUT2D eigenvalue weighted by molar-refractivity contribution is 5.94. The molecule has 0 aromatic carbocycles. The first-order chi connectivity index (χ1) is 9.62. The van der Waals surface area contributed by atoms with Crippen LogP contribution in [0.2, 0.25) is 0 Å². The quantitative estimate of drug-likeness (QED) is 0.840. The number of rotatable bonds is 6. The number of aromatic nitrogens is 1. The molecular formula is C16H26N2O3. The molecule has 5 nitrogen and oxygen atoms in total. The average molecular weight is 294 g/mol. The molecule has 0 unspecified atom stereocenters. The van der Waals surface area contributed by atoms with Gasteiger partial charge in [-0.25, -0.2) is 0 Å². The normalized spacial score (nSPS) is 11.8. The number of pyridine rings is 1. The summed E-state index contributed by atoms with van der Waals surface area (Å²) in [5.74, 6) is 0.167. The van der Waals surface area contributed by atoms with Crippen LogP contribution in [-0.2, 0) is 6.42 Å². The molecule has 0 aliphatic rings. The molecule has 1 rings (SSSR count). The first-order valence-electron chi connectivity index (χ1n) is 7.37. The predicted molar refractivity (Wildman–Crippen MR) is 83.5 cm³/mol. The molecule has 0 atom stereocenters. The summed E-state index contributed by atoms with van der Waals surface area (Å²) in [5, 5.41) is 9.88. The van der Waals surface area contributed by atoms with Crippen molar-refractivity contribution in [3.63, 3.8) is 0 Å². The summed E-state index contributed by atoms with van der Waals surface area (Å²) in [5.41, 5.74) is -0.0929. The van der Waals surface area contributed by atoms with Crippen LogP contribution in [0.3, 0.4) is 0 Å². The van der Waals surface area contributed by atoms with E-state index in [0.717, 1.165) is 5.69 Å². The number of hydrogen-bond acceptors (Lipinski definition) is 3. The summed E-state index contributed by atoms with van der Waals surface area (Å²) >= 11 is 0. The van der Waals surface area contributed by atoms with E-state index in [1.54, 1.807) is 24.8 Å². The Labute approximate surface area is 126 Å². The number of amides is 1. The van der Waals surface area contributed by atoms with E-state index in [4.69, 9.17) is 0 Å². The van der Waals surface area contributed by atoms with Gasteiger partial charge in [0.1, 0.15) is 0 Å². The van der Waals surface area contributed by atoms with Gasteiger partial charge in [-0.15, -0.1) is 0 Å². The highest BCUT2D eigenvalue weighted by Crippen LogP contribution is 2.11. The number of aromatic amines is 1. The third-order valence-electron chi connectivity index (χ3n) is 3.02. The molecule has 1 heterocycles. The Hall–Kier alpha value is -1.62. The van der Waals surface area contributed by atoms with Gasteiger partial charge in [-0.1, -0.05) is 13.8 Å². The molecule has 0 aliphatic carbocycles. The number of H-pyrrole nitrogens is 1. The Morgan fingerprint density at radius 3 is 2.48 bits per heavy atom. The number of carbonyl (C=O) groups is 1. The van der Waals surface area contributed by atoms with Gasteiger partial charge < -0.3 is 15.0 Å². The van der Waals surface area contributed by atoms with E-state index in [1.807, 2.05) is 6.92 Å². The molecule has 0 fully saturated rings. The first kappa shape index (κ1) is 17.4. The molecule has 1 aromatic rings. The van der Waals surface area contributed by atoms with Crippen molar-refractivity contribution in [1.82, 2.24) is 9.88 Å². The fourth-order valence-electron chi connectivity index (χ4n) is 2.25. The number of likely N-dealkylation sites (N-methyl/N-ethyl adjacent to an activating group) is 1. The van der Waals surface area contributed by atoms with Crippen LogP contribution in [0.4, 0.5) is 0 Å². The van der Waals surface area contributed by atoms with Crippen molar-refractivity contribution in [2.75, 3.05) is 13.1 Å². The molecule has 0 radical (unpaired) electrons. The van der Waals surface area contributed by atoms with Gasteiger partial charge in [-0.2, -0.15) is 0 Å². The molecule has 1 aromatic heterocycles. The molecule has 2 N–H and O–H groups in total. The van der Waals surface area contributed by atoms with Crippen molar-refractivity contribution in [2.45, 2.75) is 46.6 Å². The standard InChI is InChI=1S/C16H26N2O3/c1-6-18(10-16(4,5)21)15(20)12-8-13(7-11(2)3)17-14(19)9-12/h8-9,11,21H,6-7,10H2,1-5H3,(H,17,19). The topological polar surface area (TPSA) is 73.4 Å². The lowest BCUT2D eigenvalue weighted by Gasteiger charge is -2.28. The van der Waals surface area contributed by atoms with Gasteiger partial charge in [-0.05, 0) is 39.2 Å². The van der Waals surface area contributed by atoms with E-state index < -0.39 is 5.60 Å². The maximum absolute atomic E-state index is 12.5.